The third-order valence-electron chi connectivity index (χ3n) is 3.12. The monoisotopic (exact) mass is 314 g/mol. The Kier molecular flexibility index (Phi) is 7.93. The second-order valence-electron chi connectivity index (χ2n) is 4.94. The molecular formula is C15H23ClN2O3. The number of carbonyl (C=O) groups excluding carboxylic acids is 1. The molecule has 1 aromatic rings. The van der Waals surface area contributed by atoms with E-state index < -0.39 is 0 Å². The summed E-state index contributed by atoms with van der Waals surface area (Å²) in [4.78, 5) is 11.6. The quantitative estimate of drug-likeness (QED) is 0.765. The minimum absolute atomic E-state index is 0. The van der Waals surface area contributed by atoms with Crippen LogP contribution in [0.1, 0.15) is 13.3 Å². The van der Waals surface area contributed by atoms with E-state index in [0.717, 1.165) is 31.8 Å². The Morgan fingerprint density at radius 1 is 1.24 bits per heavy atom. The first-order chi connectivity index (χ1) is 9.78. The predicted molar refractivity (Wildman–Crippen MR) is 84.3 cm³/mol. The van der Waals surface area contributed by atoms with Gasteiger partial charge in [0.2, 0.25) is 0 Å². The topological polar surface area (TPSA) is 59.6 Å². The second-order valence-corrected chi connectivity index (χ2v) is 4.94. The Morgan fingerprint density at radius 3 is 2.38 bits per heavy atom. The van der Waals surface area contributed by atoms with Crippen LogP contribution in [0.3, 0.4) is 0 Å². The van der Waals surface area contributed by atoms with E-state index in [-0.39, 0.29) is 24.9 Å². The first kappa shape index (κ1) is 17.6. The van der Waals surface area contributed by atoms with Crippen LogP contribution in [0.4, 0.5) is 0 Å². The Labute approximate surface area is 131 Å². The lowest BCUT2D eigenvalue weighted by Crippen LogP contribution is -2.48. The van der Waals surface area contributed by atoms with Gasteiger partial charge in [0.25, 0.3) is 5.91 Å². The molecule has 1 heterocycles. The van der Waals surface area contributed by atoms with Crippen molar-refractivity contribution in [1.29, 1.82) is 0 Å². The maximum atomic E-state index is 11.6. The summed E-state index contributed by atoms with van der Waals surface area (Å²) >= 11 is 0. The van der Waals surface area contributed by atoms with Gasteiger partial charge in [0.1, 0.15) is 11.5 Å². The fourth-order valence-corrected chi connectivity index (χ4v) is 1.80. The molecule has 21 heavy (non-hydrogen) atoms. The average Bonchev–Trinajstić information content (AvgIpc) is 2.42. The first-order valence-corrected chi connectivity index (χ1v) is 7.11. The molecule has 1 aliphatic heterocycles. The lowest BCUT2D eigenvalue weighted by Gasteiger charge is -2.27. The molecular weight excluding hydrogens is 292 g/mol. The van der Waals surface area contributed by atoms with Gasteiger partial charge in [0.05, 0.1) is 6.61 Å². The van der Waals surface area contributed by atoms with Crippen molar-refractivity contribution in [1.82, 2.24) is 10.6 Å². The molecule has 1 aromatic carbocycles. The number of benzene rings is 1. The van der Waals surface area contributed by atoms with Crippen molar-refractivity contribution >= 4 is 18.3 Å². The van der Waals surface area contributed by atoms with E-state index in [9.17, 15) is 4.79 Å². The summed E-state index contributed by atoms with van der Waals surface area (Å²) < 4.78 is 10.9. The molecule has 0 unspecified atom stereocenters. The Balaban J connectivity index is 0.00000220. The molecule has 0 saturated carbocycles. The predicted octanol–water partition coefficient (Wildman–Crippen LogP) is 1.61. The van der Waals surface area contributed by atoms with Gasteiger partial charge in [-0.3, -0.25) is 4.79 Å². The van der Waals surface area contributed by atoms with E-state index >= 15 is 0 Å². The zero-order chi connectivity index (χ0) is 14.2. The van der Waals surface area contributed by atoms with Crippen LogP contribution < -0.4 is 20.1 Å². The van der Waals surface area contributed by atoms with Gasteiger partial charge in [-0.25, -0.2) is 0 Å². The smallest absolute Gasteiger partial charge is 0.257 e. The van der Waals surface area contributed by atoms with Gasteiger partial charge in [-0.05, 0) is 30.7 Å². The molecule has 1 fully saturated rings. The van der Waals surface area contributed by atoms with E-state index in [1.165, 1.54) is 0 Å². The lowest BCUT2D eigenvalue weighted by molar-refractivity contribution is -0.123. The normalized spacial score (nSPS) is 13.8. The maximum Gasteiger partial charge on any atom is 0.257 e. The van der Waals surface area contributed by atoms with Gasteiger partial charge < -0.3 is 20.1 Å². The van der Waals surface area contributed by atoms with Gasteiger partial charge in [-0.1, -0.05) is 6.92 Å². The highest BCUT2D eigenvalue weighted by atomic mass is 35.5. The molecule has 118 valence electrons. The van der Waals surface area contributed by atoms with E-state index in [2.05, 4.69) is 17.6 Å². The summed E-state index contributed by atoms with van der Waals surface area (Å²) in [5, 5.41) is 6.03. The molecule has 0 spiro atoms. The van der Waals surface area contributed by atoms with Crippen molar-refractivity contribution in [3.63, 3.8) is 0 Å². The third kappa shape index (κ3) is 6.23. The van der Waals surface area contributed by atoms with Crippen LogP contribution in [0.15, 0.2) is 24.3 Å². The largest absolute Gasteiger partial charge is 0.494 e. The van der Waals surface area contributed by atoms with E-state index in [4.69, 9.17) is 9.47 Å². The molecule has 0 aromatic heterocycles. The van der Waals surface area contributed by atoms with Gasteiger partial charge in [-0.15, -0.1) is 12.4 Å². The molecule has 0 bridgehead atoms. The van der Waals surface area contributed by atoms with Crippen molar-refractivity contribution in [2.24, 2.45) is 5.92 Å². The second kappa shape index (κ2) is 9.47. The van der Waals surface area contributed by atoms with Crippen LogP contribution in [0.25, 0.3) is 0 Å². The van der Waals surface area contributed by atoms with E-state index in [1.54, 1.807) is 0 Å². The van der Waals surface area contributed by atoms with Crippen molar-refractivity contribution in [2.75, 3.05) is 32.8 Å². The molecule has 2 rings (SSSR count). The summed E-state index contributed by atoms with van der Waals surface area (Å²) in [6.07, 6.45) is 0.981. The summed E-state index contributed by atoms with van der Waals surface area (Å²) in [6, 6.07) is 7.33. The number of hydrogen-bond acceptors (Lipinski definition) is 4. The van der Waals surface area contributed by atoms with Crippen LogP contribution >= 0.6 is 12.4 Å². The van der Waals surface area contributed by atoms with Crippen LogP contribution in [0.2, 0.25) is 0 Å². The molecule has 2 N–H and O–H groups in total. The number of nitrogens with one attached hydrogen (secondary N) is 2. The zero-order valence-electron chi connectivity index (χ0n) is 12.3. The van der Waals surface area contributed by atoms with Gasteiger partial charge in [0.15, 0.2) is 6.61 Å². The number of halogens is 1. The van der Waals surface area contributed by atoms with Crippen molar-refractivity contribution in [3.05, 3.63) is 24.3 Å². The Morgan fingerprint density at radius 2 is 1.86 bits per heavy atom. The standard InChI is InChI=1S/C15H22N2O3.ClH/c1-2-7-19-13-3-5-14(6-4-13)20-11-15(18)17-10-12-8-16-9-12;/h3-6,12,16H,2,7-11H2,1H3,(H,17,18);1H. The summed E-state index contributed by atoms with van der Waals surface area (Å²) in [7, 11) is 0. The first-order valence-electron chi connectivity index (χ1n) is 7.11. The number of hydrogen-bond donors (Lipinski definition) is 2. The fraction of sp³-hybridized carbons (Fsp3) is 0.533. The van der Waals surface area contributed by atoms with Gasteiger partial charge in [0, 0.05) is 25.6 Å². The Hall–Kier alpha value is -1.46. The van der Waals surface area contributed by atoms with Crippen LogP contribution in [0.5, 0.6) is 11.5 Å². The molecule has 6 heteroatoms. The van der Waals surface area contributed by atoms with Crippen LogP contribution in [-0.2, 0) is 4.79 Å². The van der Waals surface area contributed by atoms with Crippen molar-refractivity contribution < 1.29 is 14.3 Å². The summed E-state index contributed by atoms with van der Waals surface area (Å²) in [5.74, 6) is 1.98. The highest BCUT2D eigenvalue weighted by molar-refractivity contribution is 5.85. The fourth-order valence-electron chi connectivity index (χ4n) is 1.80. The number of rotatable bonds is 8. The van der Waals surface area contributed by atoms with Gasteiger partial charge in [-0.2, -0.15) is 0 Å². The Bertz CT molecular complexity index is 421. The number of carbonyl (C=O) groups is 1. The van der Waals surface area contributed by atoms with Crippen LogP contribution in [-0.4, -0.2) is 38.8 Å². The highest BCUT2D eigenvalue weighted by Gasteiger charge is 2.17. The summed E-state index contributed by atoms with van der Waals surface area (Å²) in [6.45, 7) is 5.52. The van der Waals surface area contributed by atoms with E-state index in [1.807, 2.05) is 24.3 Å². The minimum atomic E-state index is -0.0804. The van der Waals surface area contributed by atoms with E-state index in [0.29, 0.717) is 18.3 Å². The lowest BCUT2D eigenvalue weighted by atomic mass is 10.0. The van der Waals surface area contributed by atoms with Crippen LogP contribution in [0, 0.1) is 5.92 Å². The average molecular weight is 315 g/mol. The maximum absolute atomic E-state index is 11.6. The van der Waals surface area contributed by atoms with Crippen molar-refractivity contribution in [3.8, 4) is 11.5 Å². The third-order valence-corrected chi connectivity index (χ3v) is 3.12. The van der Waals surface area contributed by atoms with Gasteiger partial charge >= 0.3 is 0 Å². The SMILES string of the molecule is CCCOc1ccc(OCC(=O)NCC2CNC2)cc1.Cl. The molecule has 0 radical (unpaired) electrons. The molecule has 0 atom stereocenters. The number of amides is 1. The zero-order valence-corrected chi connectivity index (χ0v) is 13.1. The number of ether oxygens (including phenoxy) is 2. The molecule has 1 amide bonds. The molecule has 5 nitrogen and oxygen atoms in total. The molecule has 0 aliphatic carbocycles. The highest BCUT2D eigenvalue weighted by Crippen LogP contribution is 2.17. The molecule has 1 aliphatic rings. The molecule has 1 saturated heterocycles. The minimum Gasteiger partial charge on any atom is -0.494 e. The summed E-state index contributed by atoms with van der Waals surface area (Å²) in [5.41, 5.74) is 0. The van der Waals surface area contributed by atoms with Crippen molar-refractivity contribution in [2.45, 2.75) is 13.3 Å².